The van der Waals surface area contributed by atoms with Crippen LogP contribution in [0.1, 0.15) is 29.2 Å². The van der Waals surface area contributed by atoms with Crippen molar-refractivity contribution < 1.29 is 19.0 Å². The van der Waals surface area contributed by atoms with E-state index in [4.69, 9.17) is 31.2 Å². The summed E-state index contributed by atoms with van der Waals surface area (Å²) in [4.78, 5) is 17.1. The number of benzene rings is 3. The van der Waals surface area contributed by atoms with E-state index in [1.807, 2.05) is 69.3 Å². The van der Waals surface area contributed by atoms with Gasteiger partial charge in [0.25, 0.3) is 5.91 Å². The molecule has 5 rings (SSSR count). The van der Waals surface area contributed by atoms with E-state index >= 15 is 0 Å². The number of halogens is 1. The Labute approximate surface area is 248 Å². The third kappa shape index (κ3) is 6.64. The van der Waals surface area contributed by atoms with Crippen molar-refractivity contribution in [2.24, 2.45) is 10.1 Å². The van der Waals surface area contributed by atoms with Gasteiger partial charge in [0.1, 0.15) is 24.0 Å². The normalized spacial score (nSPS) is 15.5. The van der Waals surface area contributed by atoms with Crippen LogP contribution in [-0.4, -0.2) is 46.8 Å². The topological polar surface area (TPSA) is 96.6 Å². The SMILES string of the molecule is CCOc1cc(/C=C2/C(=N)N3N=C(Cc4ccccc4)SC3=NC2=O)cc(Cl)c1OCCOc1cc(C)ccc1C. The van der Waals surface area contributed by atoms with E-state index in [2.05, 4.69) is 10.1 Å². The monoisotopic (exact) mass is 588 g/mol. The van der Waals surface area contributed by atoms with Gasteiger partial charge in [-0.2, -0.15) is 15.1 Å². The van der Waals surface area contributed by atoms with Crippen molar-refractivity contribution in [3.63, 3.8) is 0 Å². The number of ether oxygens (including phenoxy) is 3. The van der Waals surface area contributed by atoms with Crippen LogP contribution in [0, 0.1) is 19.3 Å². The van der Waals surface area contributed by atoms with Gasteiger partial charge in [0.15, 0.2) is 17.3 Å². The Morgan fingerprint density at radius 1 is 1.00 bits per heavy atom. The lowest BCUT2D eigenvalue weighted by Gasteiger charge is -2.20. The maximum Gasteiger partial charge on any atom is 0.283 e. The maximum atomic E-state index is 12.9. The summed E-state index contributed by atoms with van der Waals surface area (Å²) in [6.07, 6.45) is 2.16. The highest BCUT2D eigenvalue weighted by atomic mass is 35.5. The average Bonchev–Trinajstić information content (AvgIpc) is 3.35. The van der Waals surface area contributed by atoms with Crippen LogP contribution < -0.4 is 14.2 Å². The van der Waals surface area contributed by atoms with Gasteiger partial charge in [0.2, 0.25) is 5.17 Å². The molecule has 2 aliphatic heterocycles. The first-order chi connectivity index (χ1) is 19.8. The Morgan fingerprint density at radius 2 is 1.78 bits per heavy atom. The number of nitrogens with zero attached hydrogens (tertiary/aromatic N) is 3. The molecule has 10 heteroatoms. The lowest BCUT2D eigenvalue weighted by molar-refractivity contribution is -0.114. The van der Waals surface area contributed by atoms with Crippen LogP contribution in [0.15, 0.2) is 76.3 Å². The number of hydrogen-bond acceptors (Lipinski definition) is 7. The van der Waals surface area contributed by atoms with Crippen LogP contribution in [-0.2, 0) is 11.2 Å². The number of amides is 1. The lowest BCUT2D eigenvalue weighted by atomic mass is 10.1. The second-order valence-corrected chi connectivity index (χ2v) is 10.9. The molecule has 0 aromatic heterocycles. The van der Waals surface area contributed by atoms with E-state index in [9.17, 15) is 4.79 Å². The van der Waals surface area contributed by atoms with Gasteiger partial charge < -0.3 is 14.2 Å². The Balaban J connectivity index is 1.31. The summed E-state index contributed by atoms with van der Waals surface area (Å²) in [5, 5.41) is 16.1. The fraction of sp³-hybridized carbons (Fsp3) is 0.226. The molecular weight excluding hydrogens is 560 g/mol. The van der Waals surface area contributed by atoms with Crippen LogP contribution in [0.4, 0.5) is 0 Å². The molecule has 8 nitrogen and oxygen atoms in total. The first-order valence-corrected chi connectivity index (χ1v) is 14.3. The molecule has 41 heavy (non-hydrogen) atoms. The number of amidine groups is 2. The zero-order valence-corrected chi connectivity index (χ0v) is 24.5. The Bertz CT molecular complexity index is 1590. The second kappa shape index (κ2) is 12.6. The molecule has 210 valence electrons. The molecule has 0 aliphatic carbocycles. The molecule has 0 radical (unpaired) electrons. The fourth-order valence-electron chi connectivity index (χ4n) is 4.27. The third-order valence-corrected chi connectivity index (χ3v) is 7.46. The number of thioether (sulfide) groups is 1. The van der Waals surface area contributed by atoms with Crippen molar-refractivity contribution in [3.05, 3.63) is 93.5 Å². The Hall–Kier alpha value is -4.08. The smallest absolute Gasteiger partial charge is 0.283 e. The first kappa shape index (κ1) is 28.4. The number of nitrogens with one attached hydrogen (secondary N) is 1. The molecule has 3 aromatic carbocycles. The summed E-state index contributed by atoms with van der Waals surface area (Å²) in [5.41, 5.74) is 3.93. The van der Waals surface area contributed by atoms with Gasteiger partial charge in [-0.25, -0.2) is 0 Å². The number of hydrogen-bond donors (Lipinski definition) is 1. The summed E-state index contributed by atoms with van der Waals surface area (Å²) >= 11 is 7.91. The van der Waals surface area contributed by atoms with Crippen molar-refractivity contribution in [2.75, 3.05) is 19.8 Å². The average molecular weight is 589 g/mol. The van der Waals surface area contributed by atoms with E-state index in [0.29, 0.717) is 46.9 Å². The molecule has 0 unspecified atom stereocenters. The second-order valence-electron chi connectivity index (χ2n) is 9.41. The standard InChI is InChI=1S/C31H29ClN4O4S/c1-4-38-26-17-22(16-24(32)28(26)40-13-12-39-25-14-19(2)10-11-20(25)3)15-23-29(33)36-31(34-30(23)37)41-27(35-36)18-21-8-6-5-7-9-21/h5-11,14-17,33H,4,12-13,18H2,1-3H3/b23-15-,33-29?. The predicted molar refractivity (Wildman–Crippen MR) is 165 cm³/mol. The number of rotatable bonds is 10. The van der Waals surface area contributed by atoms with Gasteiger partial charge in [-0.1, -0.05) is 54.1 Å². The van der Waals surface area contributed by atoms with Crippen molar-refractivity contribution >= 4 is 51.4 Å². The van der Waals surface area contributed by atoms with Crippen molar-refractivity contribution in [2.45, 2.75) is 27.2 Å². The van der Waals surface area contributed by atoms with Gasteiger partial charge in [-0.05, 0) is 79.1 Å². The largest absolute Gasteiger partial charge is 0.490 e. The summed E-state index contributed by atoms with van der Waals surface area (Å²) in [6.45, 7) is 6.84. The van der Waals surface area contributed by atoms with Gasteiger partial charge >= 0.3 is 0 Å². The van der Waals surface area contributed by atoms with Gasteiger partial charge in [0.05, 0.1) is 17.2 Å². The highest BCUT2D eigenvalue weighted by Crippen LogP contribution is 2.38. The minimum absolute atomic E-state index is 0.0476. The number of fused-ring (bicyclic) bond motifs is 1. The minimum atomic E-state index is -0.511. The van der Waals surface area contributed by atoms with E-state index < -0.39 is 5.91 Å². The van der Waals surface area contributed by atoms with Crippen molar-refractivity contribution in [3.8, 4) is 17.2 Å². The predicted octanol–water partition coefficient (Wildman–Crippen LogP) is 6.68. The summed E-state index contributed by atoms with van der Waals surface area (Å²) in [5.74, 6) is 1.07. The molecule has 0 saturated heterocycles. The van der Waals surface area contributed by atoms with Gasteiger partial charge in [0, 0.05) is 6.42 Å². The maximum absolute atomic E-state index is 12.9. The van der Waals surface area contributed by atoms with Crippen LogP contribution in [0.5, 0.6) is 17.2 Å². The molecule has 3 aromatic rings. The quantitative estimate of drug-likeness (QED) is 0.210. The van der Waals surface area contributed by atoms with E-state index in [1.54, 1.807) is 18.2 Å². The minimum Gasteiger partial charge on any atom is -0.490 e. The van der Waals surface area contributed by atoms with E-state index in [-0.39, 0.29) is 18.0 Å². The fourth-order valence-corrected chi connectivity index (χ4v) is 5.47. The zero-order valence-electron chi connectivity index (χ0n) is 22.9. The number of aryl methyl sites for hydroxylation is 2. The zero-order chi connectivity index (χ0) is 28.9. The molecule has 0 fully saturated rings. The molecule has 1 N–H and O–H groups in total. The number of carbonyl (C=O) groups excluding carboxylic acids is 1. The van der Waals surface area contributed by atoms with Gasteiger partial charge in [-0.15, -0.1) is 0 Å². The molecule has 2 aliphatic rings. The summed E-state index contributed by atoms with van der Waals surface area (Å²) in [7, 11) is 0. The van der Waals surface area contributed by atoms with Crippen LogP contribution in [0.25, 0.3) is 6.08 Å². The van der Waals surface area contributed by atoms with Gasteiger partial charge in [-0.3, -0.25) is 10.2 Å². The summed E-state index contributed by atoms with van der Waals surface area (Å²) in [6, 6.07) is 19.3. The van der Waals surface area contributed by atoms with Crippen LogP contribution in [0.3, 0.4) is 0 Å². The van der Waals surface area contributed by atoms with E-state index in [1.165, 1.54) is 16.8 Å². The number of hydrazone groups is 1. The highest BCUT2D eigenvalue weighted by molar-refractivity contribution is 8.26. The van der Waals surface area contributed by atoms with Crippen LogP contribution in [0.2, 0.25) is 5.02 Å². The summed E-state index contributed by atoms with van der Waals surface area (Å²) < 4.78 is 17.7. The molecule has 1 amide bonds. The van der Waals surface area contributed by atoms with Crippen molar-refractivity contribution in [1.82, 2.24) is 5.01 Å². The molecule has 0 saturated carbocycles. The molecule has 2 heterocycles. The number of aliphatic imine (C=N–C) groups is 1. The molecule has 0 spiro atoms. The first-order valence-electron chi connectivity index (χ1n) is 13.1. The Morgan fingerprint density at radius 3 is 2.56 bits per heavy atom. The lowest BCUT2D eigenvalue weighted by Crippen LogP contribution is -2.35. The van der Waals surface area contributed by atoms with E-state index in [0.717, 1.165) is 27.5 Å². The molecule has 0 atom stereocenters. The number of carbonyl (C=O) groups is 1. The third-order valence-electron chi connectivity index (χ3n) is 6.27. The van der Waals surface area contributed by atoms with Crippen LogP contribution >= 0.6 is 23.4 Å². The Kier molecular flexibility index (Phi) is 8.75. The molecule has 0 bridgehead atoms. The highest BCUT2D eigenvalue weighted by Gasteiger charge is 2.35. The van der Waals surface area contributed by atoms with Crippen molar-refractivity contribution in [1.29, 1.82) is 5.41 Å². The molecular formula is C31H29ClN4O4S.